The van der Waals surface area contributed by atoms with Gasteiger partial charge in [0.1, 0.15) is 5.69 Å². The fraction of sp³-hybridized carbons (Fsp3) is 0.185. The van der Waals surface area contributed by atoms with Crippen LogP contribution in [0.2, 0.25) is 0 Å². The number of hydrogen-bond donors (Lipinski definition) is 2. The van der Waals surface area contributed by atoms with Crippen LogP contribution in [0, 0.1) is 0 Å². The van der Waals surface area contributed by atoms with Gasteiger partial charge in [-0.15, -0.1) is 6.58 Å². The summed E-state index contributed by atoms with van der Waals surface area (Å²) in [5, 5.41) is 2.98. The molecule has 0 spiro atoms. The Balaban J connectivity index is 1.96. The van der Waals surface area contributed by atoms with Crippen LogP contribution in [-0.2, 0) is 17.9 Å². The van der Waals surface area contributed by atoms with Crippen molar-refractivity contribution in [3.05, 3.63) is 121 Å². The van der Waals surface area contributed by atoms with Gasteiger partial charge in [-0.3, -0.25) is 14.5 Å². The predicted molar refractivity (Wildman–Crippen MR) is 128 cm³/mol. The molecule has 0 fully saturated rings. The zero-order chi connectivity index (χ0) is 22.8. The lowest BCUT2D eigenvalue weighted by Gasteiger charge is -2.35. The van der Waals surface area contributed by atoms with Gasteiger partial charge in [-0.05, 0) is 36.3 Å². The summed E-state index contributed by atoms with van der Waals surface area (Å²) >= 11 is 0. The number of allylic oxidation sites excluding steroid dienone is 1. The molecule has 0 aliphatic rings. The van der Waals surface area contributed by atoms with Gasteiger partial charge in [-0.1, -0.05) is 72.8 Å². The first-order chi connectivity index (χ1) is 15.6. The number of amides is 1. The first-order valence-electron chi connectivity index (χ1n) is 10.7. The van der Waals surface area contributed by atoms with Gasteiger partial charge in [0.15, 0.2) is 5.78 Å². The van der Waals surface area contributed by atoms with E-state index in [1.807, 2.05) is 67.6 Å². The lowest BCUT2D eigenvalue weighted by atomic mass is 9.98. The molecule has 1 heterocycles. The minimum atomic E-state index is -0.622. The zero-order valence-electron chi connectivity index (χ0n) is 18.3. The van der Waals surface area contributed by atoms with Gasteiger partial charge in [-0.25, -0.2) is 0 Å². The Morgan fingerprint density at radius 3 is 2.03 bits per heavy atom. The minimum absolute atomic E-state index is 0.0870. The van der Waals surface area contributed by atoms with Gasteiger partial charge in [0.2, 0.25) is 0 Å². The summed E-state index contributed by atoms with van der Waals surface area (Å²) in [6, 6.07) is 22.3. The molecule has 0 saturated carbocycles. The molecule has 5 nitrogen and oxygen atoms in total. The first-order valence-corrected chi connectivity index (χ1v) is 10.7. The highest BCUT2D eigenvalue weighted by Gasteiger charge is 2.32. The van der Waals surface area contributed by atoms with Crippen LogP contribution in [0.1, 0.15) is 28.5 Å². The molecule has 164 valence electrons. The third-order valence-electron chi connectivity index (χ3n) is 5.21. The number of rotatable bonds is 11. The number of benzene rings is 2. The Morgan fingerprint density at radius 2 is 1.56 bits per heavy atom. The van der Waals surface area contributed by atoms with E-state index >= 15 is 0 Å². The van der Waals surface area contributed by atoms with Crippen LogP contribution in [0.3, 0.4) is 0 Å². The molecule has 32 heavy (non-hydrogen) atoms. The Hall–Kier alpha value is -3.70. The number of carbonyl (C=O) groups is 2. The number of nitrogens with one attached hydrogen (secondary N) is 2. The summed E-state index contributed by atoms with van der Waals surface area (Å²) in [4.78, 5) is 31.1. The Labute approximate surface area is 189 Å². The Kier molecular flexibility index (Phi) is 8.35. The zero-order valence-corrected chi connectivity index (χ0v) is 18.3. The molecule has 0 saturated heterocycles. The normalized spacial score (nSPS) is 13.1. The number of nitrogens with zero attached hydrogens (tertiary/aromatic N) is 1. The molecule has 1 amide bonds. The average Bonchev–Trinajstić information content (AvgIpc) is 3.35. The molecule has 2 aromatic carbocycles. The lowest BCUT2D eigenvalue weighted by molar-refractivity contribution is -0.120. The summed E-state index contributed by atoms with van der Waals surface area (Å²) in [5.74, 6) is -0.367. The van der Waals surface area contributed by atoms with Crippen molar-refractivity contribution in [3.8, 4) is 0 Å². The van der Waals surface area contributed by atoms with Gasteiger partial charge in [0.25, 0.3) is 5.91 Å². The van der Waals surface area contributed by atoms with E-state index in [4.69, 9.17) is 0 Å². The number of carbonyl (C=O) groups excluding carboxylic acids is 2. The van der Waals surface area contributed by atoms with Crippen molar-refractivity contribution < 1.29 is 9.59 Å². The molecule has 3 aromatic rings. The second-order valence-electron chi connectivity index (χ2n) is 7.54. The largest absolute Gasteiger partial charge is 0.357 e. The highest BCUT2D eigenvalue weighted by molar-refractivity contribution is 5.97. The maximum absolute atomic E-state index is 13.3. The fourth-order valence-corrected chi connectivity index (χ4v) is 3.70. The van der Waals surface area contributed by atoms with Crippen LogP contribution < -0.4 is 5.32 Å². The van der Waals surface area contributed by atoms with Crippen LogP contribution in [0.25, 0.3) is 0 Å². The third-order valence-corrected chi connectivity index (χ3v) is 5.21. The highest BCUT2D eigenvalue weighted by Crippen LogP contribution is 2.18. The lowest BCUT2D eigenvalue weighted by Crippen LogP contribution is -2.54. The van der Waals surface area contributed by atoms with Crippen LogP contribution in [0.5, 0.6) is 0 Å². The van der Waals surface area contributed by atoms with Gasteiger partial charge >= 0.3 is 0 Å². The van der Waals surface area contributed by atoms with E-state index in [-0.39, 0.29) is 11.7 Å². The molecule has 0 unspecified atom stereocenters. The van der Waals surface area contributed by atoms with Crippen molar-refractivity contribution >= 4 is 11.7 Å². The SMILES string of the molecule is C=C[C@@H](NC(=O)c1ccc[nH]1)[C@@H](C(=O)/C=C/C)N(Cc1ccccc1)Cc1ccccc1. The van der Waals surface area contributed by atoms with Crippen LogP contribution in [-0.4, -0.2) is 33.7 Å². The van der Waals surface area contributed by atoms with Gasteiger partial charge in [0, 0.05) is 19.3 Å². The predicted octanol–water partition coefficient (Wildman–Crippen LogP) is 4.52. The molecule has 0 radical (unpaired) electrons. The number of aromatic nitrogens is 1. The Bertz CT molecular complexity index is 986. The second kappa shape index (κ2) is 11.6. The van der Waals surface area contributed by atoms with E-state index in [1.165, 1.54) is 0 Å². The average molecular weight is 428 g/mol. The maximum atomic E-state index is 13.3. The standard InChI is InChI=1S/C27H29N3O2/c1-3-12-25(31)26(23(4-2)29-27(32)24-17-11-18-28-24)30(19-21-13-7-5-8-14-21)20-22-15-9-6-10-16-22/h3-18,23,26,28H,2,19-20H2,1H3,(H,29,32)/b12-3+/t23-,26+/m1/s1. The molecular formula is C27H29N3O2. The Morgan fingerprint density at radius 1 is 0.969 bits per heavy atom. The molecular weight excluding hydrogens is 398 g/mol. The maximum Gasteiger partial charge on any atom is 0.268 e. The number of aromatic amines is 1. The molecule has 0 bridgehead atoms. The van der Waals surface area contributed by atoms with Crippen LogP contribution >= 0.6 is 0 Å². The molecule has 0 aliphatic carbocycles. The van der Waals surface area contributed by atoms with E-state index in [0.717, 1.165) is 11.1 Å². The number of H-pyrrole nitrogens is 1. The van der Waals surface area contributed by atoms with E-state index in [2.05, 4.69) is 21.8 Å². The smallest absolute Gasteiger partial charge is 0.268 e. The highest BCUT2D eigenvalue weighted by atomic mass is 16.2. The van der Waals surface area contributed by atoms with Crippen LogP contribution in [0.15, 0.2) is 104 Å². The van der Waals surface area contributed by atoms with Gasteiger partial charge in [-0.2, -0.15) is 0 Å². The number of hydrogen-bond acceptors (Lipinski definition) is 3. The monoisotopic (exact) mass is 427 g/mol. The van der Waals surface area contributed by atoms with Crippen molar-refractivity contribution in [2.75, 3.05) is 0 Å². The van der Waals surface area contributed by atoms with Crippen LogP contribution in [0.4, 0.5) is 0 Å². The first kappa shape index (κ1) is 23.0. The summed E-state index contributed by atoms with van der Waals surface area (Å²) in [6.45, 7) is 6.84. The second-order valence-corrected chi connectivity index (χ2v) is 7.54. The van der Waals surface area contributed by atoms with Crippen molar-refractivity contribution in [2.24, 2.45) is 0 Å². The molecule has 0 aliphatic heterocycles. The topological polar surface area (TPSA) is 65.2 Å². The molecule has 1 aromatic heterocycles. The van der Waals surface area contributed by atoms with Crippen molar-refractivity contribution in [1.82, 2.24) is 15.2 Å². The number of ketones is 1. The van der Waals surface area contributed by atoms with Gasteiger partial charge in [0.05, 0.1) is 12.1 Å². The summed E-state index contributed by atoms with van der Waals surface area (Å²) < 4.78 is 0. The molecule has 5 heteroatoms. The van der Waals surface area contributed by atoms with E-state index in [9.17, 15) is 9.59 Å². The quantitative estimate of drug-likeness (QED) is 0.349. The summed E-state index contributed by atoms with van der Waals surface area (Å²) in [5.41, 5.74) is 2.60. The van der Waals surface area contributed by atoms with E-state index in [0.29, 0.717) is 18.8 Å². The van der Waals surface area contributed by atoms with E-state index in [1.54, 1.807) is 36.6 Å². The minimum Gasteiger partial charge on any atom is -0.357 e. The van der Waals surface area contributed by atoms with Crippen molar-refractivity contribution in [3.63, 3.8) is 0 Å². The van der Waals surface area contributed by atoms with Crippen molar-refractivity contribution in [1.29, 1.82) is 0 Å². The fourth-order valence-electron chi connectivity index (χ4n) is 3.70. The van der Waals surface area contributed by atoms with Crippen molar-refractivity contribution in [2.45, 2.75) is 32.1 Å². The summed E-state index contributed by atoms with van der Waals surface area (Å²) in [7, 11) is 0. The summed E-state index contributed by atoms with van der Waals surface area (Å²) in [6.07, 6.45) is 6.61. The third kappa shape index (κ3) is 6.15. The van der Waals surface area contributed by atoms with Gasteiger partial charge < -0.3 is 10.3 Å². The molecule has 3 rings (SSSR count). The molecule has 2 atom stereocenters. The van der Waals surface area contributed by atoms with E-state index < -0.39 is 12.1 Å². The molecule has 2 N–H and O–H groups in total.